The maximum absolute atomic E-state index is 14.4. The zero-order chi connectivity index (χ0) is 66.7. The lowest BCUT2D eigenvalue weighted by Crippen LogP contribution is -2.47. The van der Waals surface area contributed by atoms with E-state index in [-0.39, 0.29) is 35.9 Å². The van der Waals surface area contributed by atoms with Crippen LogP contribution in [0.25, 0.3) is 5.57 Å². The van der Waals surface area contributed by atoms with Crippen molar-refractivity contribution in [2.45, 2.75) is 150 Å². The molecule has 3 N–H and O–H groups in total. The number of unbranched alkanes of at least 4 members (excludes halogenated alkanes) is 4. The SMILES string of the molecule is Cc1c(NCCCCCCCC(=O)N2CCC3(CCC(c4ccc(Cl)cc4)=C(CN4CCN(C5=CC=C(Cc6ccc(NC(CCN7CCOCC7)CSc7ccccc7)c(S(=O)(=O)C(F)(F)F)c6)CC5)CC4)C3)CC2)cccc1C(=O)N(C=O)C(C)CCC(=O)NC=O. The fourth-order valence-electron chi connectivity index (χ4n) is 13.7. The number of rotatable bonds is 31. The van der Waals surface area contributed by atoms with Gasteiger partial charge in [0.05, 0.1) is 23.8 Å². The number of ether oxygens (including phenoxy) is 1. The summed E-state index contributed by atoms with van der Waals surface area (Å²) >= 11 is 7.98. The minimum atomic E-state index is -5.68. The van der Waals surface area contributed by atoms with Crippen LogP contribution in [0.1, 0.15) is 137 Å². The number of carbonyl (C=O) groups excluding carboxylic acids is 5. The van der Waals surface area contributed by atoms with Crippen LogP contribution in [-0.4, -0.2) is 172 Å². The van der Waals surface area contributed by atoms with Gasteiger partial charge in [-0.15, -0.1) is 11.8 Å². The predicted octanol–water partition coefficient (Wildman–Crippen LogP) is 12.7. The van der Waals surface area contributed by atoms with Gasteiger partial charge in [0.15, 0.2) is 0 Å². The van der Waals surface area contributed by atoms with E-state index in [1.54, 1.807) is 36.9 Å². The lowest BCUT2D eigenvalue weighted by atomic mass is 9.65. The van der Waals surface area contributed by atoms with Crippen LogP contribution >= 0.6 is 23.4 Å². The largest absolute Gasteiger partial charge is 0.501 e. The summed E-state index contributed by atoms with van der Waals surface area (Å²) in [5, 5.41) is 9.49. The van der Waals surface area contributed by atoms with Crippen molar-refractivity contribution in [3.8, 4) is 0 Å². The summed E-state index contributed by atoms with van der Waals surface area (Å²) in [4.78, 5) is 72.1. The van der Waals surface area contributed by atoms with Gasteiger partial charge in [-0.05, 0) is 173 Å². The summed E-state index contributed by atoms with van der Waals surface area (Å²) in [5.74, 6) is -0.156. The number of nitrogens with zero attached hydrogens (tertiary/aromatic N) is 5. The molecule has 16 nitrogen and oxygen atoms in total. The van der Waals surface area contributed by atoms with Gasteiger partial charge < -0.3 is 25.2 Å². The van der Waals surface area contributed by atoms with Crippen molar-refractivity contribution in [2.24, 2.45) is 5.41 Å². The molecule has 5 aliphatic rings. The number of morpholine rings is 1. The number of imide groups is 2. The van der Waals surface area contributed by atoms with Crippen LogP contribution in [0.3, 0.4) is 0 Å². The highest BCUT2D eigenvalue weighted by Gasteiger charge is 2.48. The number of piperazine rings is 1. The molecule has 508 valence electrons. The maximum Gasteiger partial charge on any atom is 0.501 e. The molecule has 4 aromatic carbocycles. The Labute approximate surface area is 562 Å². The number of sulfone groups is 1. The molecule has 22 heteroatoms. The van der Waals surface area contributed by atoms with Crippen LogP contribution in [-0.2, 0) is 40.2 Å². The maximum atomic E-state index is 14.4. The van der Waals surface area contributed by atoms with Crippen molar-refractivity contribution in [1.82, 2.24) is 29.8 Å². The summed E-state index contributed by atoms with van der Waals surface area (Å²) in [6, 6.07) is 27.0. The standard InChI is InChI=1S/C72H92ClF3N8O8S2/c1-53(17-28-68(87)78-51-85)84(52-86)70(89)63-14-11-15-65(54(63)2)77-34-10-5-3-4-9-16-69(88)83-36-32-71(33-37-83)31-29-64(57-21-23-59(73)24-22-57)58(48-71)49-81-38-40-82(41-39-81)61-25-18-55(19-26-61)46-56-20-27-66(67(47-56)94(90,91)72(74,75)76)79-60(30-35-80-42-44-92-45-43-80)50-93-62-12-7-6-8-13-62/h6-8,11-15,18,20-25,27,47,51-53,60,77,79H,3-5,9-10,16-17,19,26,28-46,48-50H2,1-2H3,(H,78,85,87). The Morgan fingerprint density at radius 2 is 1.52 bits per heavy atom. The van der Waals surface area contributed by atoms with Gasteiger partial charge in [-0.25, -0.2) is 8.42 Å². The predicted molar refractivity (Wildman–Crippen MR) is 366 cm³/mol. The highest BCUT2D eigenvalue weighted by atomic mass is 35.5. The summed E-state index contributed by atoms with van der Waals surface area (Å²) in [6.07, 6.45) is 17.9. The minimum Gasteiger partial charge on any atom is -0.385 e. The molecule has 0 saturated carbocycles. The third kappa shape index (κ3) is 19.8. The molecule has 2 unspecified atom stereocenters. The zero-order valence-corrected chi connectivity index (χ0v) is 56.8. The summed E-state index contributed by atoms with van der Waals surface area (Å²) < 4.78 is 75.4. The highest BCUT2D eigenvalue weighted by Crippen LogP contribution is 2.49. The molecule has 9 rings (SSSR count). The number of amides is 5. The quantitative estimate of drug-likeness (QED) is 0.0246. The van der Waals surface area contributed by atoms with Crippen molar-refractivity contribution in [2.75, 3.05) is 102 Å². The molecule has 0 bridgehead atoms. The number of carbonyl (C=O) groups is 5. The Bertz CT molecular complexity index is 3440. The van der Waals surface area contributed by atoms with Crippen LogP contribution < -0.4 is 16.0 Å². The number of anilines is 2. The third-order valence-corrected chi connectivity index (χ3v) is 22.5. The second-order valence-electron chi connectivity index (χ2n) is 25.9. The van der Waals surface area contributed by atoms with Crippen molar-refractivity contribution < 1.29 is 50.3 Å². The fraction of sp³-hybridized carbons (Fsp3) is 0.514. The molecular formula is C72H92ClF3N8O8S2. The number of halogens is 4. The number of benzene rings is 4. The molecule has 0 radical (unpaired) electrons. The van der Waals surface area contributed by atoms with Gasteiger partial charge in [-0.2, -0.15) is 13.2 Å². The van der Waals surface area contributed by atoms with Gasteiger partial charge in [0, 0.05) is 130 Å². The molecule has 0 aromatic heterocycles. The molecule has 3 fully saturated rings. The zero-order valence-electron chi connectivity index (χ0n) is 54.4. The number of piperidine rings is 1. The molecule has 94 heavy (non-hydrogen) atoms. The van der Waals surface area contributed by atoms with Gasteiger partial charge >= 0.3 is 5.51 Å². The average molecular weight is 1350 g/mol. The Morgan fingerprint density at radius 3 is 2.22 bits per heavy atom. The first-order chi connectivity index (χ1) is 45.3. The number of likely N-dealkylation sites (tertiary alicyclic amines) is 1. The van der Waals surface area contributed by atoms with E-state index in [1.165, 1.54) is 34.5 Å². The first kappa shape index (κ1) is 71.8. The molecule has 3 saturated heterocycles. The lowest BCUT2D eigenvalue weighted by Gasteiger charge is -2.46. The monoisotopic (exact) mass is 1350 g/mol. The van der Waals surface area contributed by atoms with Gasteiger partial charge in [-0.3, -0.25) is 44.0 Å². The number of hydrogen-bond acceptors (Lipinski definition) is 14. The number of nitrogens with one attached hydrogen (secondary N) is 3. The molecule has 3 heterocycles. The van der Waals surface area contributed by atoms with Gasteiger partial charge in [0.2, 0.25) is 24.6 Å². The number of alkyl halides is 3. The summed E-state index contributed by atoms with van der Waals surface area (Å²) in [6.45, 7) is 13.6. The van der Waals surface area contributed by atoms with Crippen LogP contribution in [0.4, 0.5) is 24.5 Å². The van der Waals surface area contributed by atoms with E-state index < -0.39 is 38.1 Å². The molecule has 4 aromatic rings. The molecule has 2 atom stereocenters. The van der Waals surface area contributed by atoms with E-state index in [9.17, 15) is 45.6 Å². The van der Waals surface area contributed by atoms with Crippen molar-refractivity contribution in [3.05, 3.63) is 147 Å². The molecule has 2 aliphatic carbocycles. The van der Waals surface area contributed by atoms with Crippen molar-refractivity contribution >= 4 is 80.7 Å². The number of hydrogen-bond donors (Lipinski definition) is 3. The second-order valence-corrected chi connectivity index (χ2v) is 29.3. The second kappa shape index (κ2) is 34.4. The highest BCUT2D eigenvalue weighted by molar-refractivity contribution is 7.99. The van der Waals surface area contributed by atoms with Crippen LogP contribution in [0.2, 0.25) is 5.02 Å². The first-order valence-electron chi connectivity index (χ1n) is 33.5. The van der Waals surface area contributed by atoms with E-state index >= 15 is 0 Å². The average Bonchev–Trinajstić information content (AvgIpc) is 0.791. The van der Waals surface area contributed by atoms with E-state index in [4.69, 9.17) is 16.3 Å². The lowest BCUT2D eigenvalue weighted by molar-refractivity contribution is -0.134. The molecular weight excluding hydrogens is 1260 g/mol. The van der Waals surface area contributed by atoms with Crippen LogP contribution in [0, 0.1) is 12.3 Å². The normalized spacial score (nSPS) is 18.0. The molecule has 5 amide bonds. The Kier molecular flexibility index (Phi) is 26.3. The minimum absolute atomic E-state index is 0.000346. The van der Waals surface area contributed by atoms with Gasteiger partial charge in [0.1, 0.15) is 0 Å². The van der Waals surface area contributed by atoms with Gasteiger partial charge in [0.25, 0.3) is 15.7 Å². The molecule has 3 aliphatic heterocycles. The van der Waals surface area contributed by atoms with Crippen molar-refractivity contribution in [3.63, 3.8) is 0 Å². The summed E-state index contributed by atoms with van der Waals surface area (Å²) in [5.41, 5.74) is 3.45. The van der Waals surface area contributed by atoms with E-state index in [1.807, 2.05) is 55.5 Å². The van der Waals surface area contributed by atoms with Crippen LogP contribution in [0.15, 0.2) is 130 Å². The van der Waals surface area contributed by atoms with E-state index in [0.717, 1.165) is 156 Å². The van der Waals surface area contributed by atoms with Crippen molar-refractivity contribution in [1.29, 1.82) is 0 Å². The third-order valence-electron chi connectivity index (χ3n) is 19.5. The van der Waals surface area contributed by atoms with Gasteiger partial charge in [-0.1, -0.05) is 90.6 Å². The fourth-order valence-corrected chi connectivity index (χ4v) is 15.8. The Balaban J connectivity index is 0.732. The van der Waals surface area contributed by atoms with Crippen LogP contribution in [0.5, 0.6) is 0 Å². The molecule has 1 spiro atoms. The summed E-state index contributed by atoms with van der Waals surface area (Å²) in [7, 11) is -5.68. The Hall–Kier alpha value is -6.49. The first-order valence-corrected chi connectivity index (χ1v) is 36.3. The smallest absolute Gasteiger partial charge is 0.385 e. The van der Waals surface area contributed by atoms with E-state index in [2.05, 4.69) is 59.8 Å². The topological polar surface area (TPSA) is 181 Å². The Morgan fingerprint density at radius 1 is 0.787 bits per heavy atom. The number of allylic oxidation sites excluding steroid dienone is 5. The van der Waals surface area contributed by atoms with E-state index in [0.29, 0.717) is 86.7 Å². The number of thioether (sulfide) groups is 1.